The van der Waals surface area contributed by atoms with Gasteiger partial charge < -0.3 is 14.7 Å². The van der Waals surface area contributed by atoms with Crippen LogP contribution in [0.5, 0.6) is 5.75 Å². The van der Waals surface area contributed by atoms with Gasteiger partial charge in [-0.3, -0.25) is 14.2 Å². The summed E-state index contributed by atoms with van der Waals surface area (Å²) in [5.41, 5.74) is 4.46. The van der Waals surface area contributed by atoms with Crippen molar-refractivity contribution in [1.82, 2.24) is 29.4 Å². The third-order valence-corrected chi connectivity index (χ3v) is 9.18. The molecule has 0 fully saturated rings. The summed E-state index contributed by atoms with van der Waals surface area (Å²) in [4.78, 5) is 19.5. The van der Waals surface area contributed by atoms with Crippen molar-refractivity contribution in [1.29, 1.82) is 0 Å². The maximum atomic E-state index is 16.0. The van der Waals surface area contributed by atoms with Crippen molar-refractivity contribution in [3.8, 4) is 39.5 Å². The third-order valence-electron chi connectivity index (χ3n) is 8.24. The standard InChI is InChI=1S/C34H30F2N6O3S/c1-5-29(44)41-16-23-13-26(39-42(23)15-18(41)2)33-31(30-25(36)11-22(35)12-28(30)45-17-19(3)43)34-24(8-9-46-34)32(38-33)20-6-7-21-14-37-40(4)27(21)10-20/h5-14,18-19,43H,1,15-17H2,2-4H3. The molecule has 6 aromatic rings. The van der Waals surface area contributed by atoms with Crippen LogP contribution in [0.25, 0.3) is 54.8 Å². The summed E-state index contributed by atoms with van der Waals surface area (Å²) in [6.07, 6.45) is 2.22. The smallest absolute Gasteiger partial charge is 0.246 e. The number of thiophene rings is 1. The quantitative estimate of drug-likeness (QED) is 0.205. The van der Waals surface area contributed by atoms with Gasteiger partial charge in [0.15, 0.2) is 0 Å². The summed E-state index contributed by atoms with van der Waals surface area (Å²) in [7, 11) is 1.87. The minimum Gasteiger partial charge on any atom is -0.490 e. The van der Waals surface area contributed by atoms with E-state index in [2.05, 4.69) is 11.7 Å². The number of ether oxygens (including phenoxy) is 1. The van der Waals surface area contributed by atoms with Crippen molar-refractivity contribution in [2.24, 2.45) is 7.05 Å². The number of nitrogens with zero attached hydrogens (tertiary/aromatic N) is 6. The van der Waals surface area contributed by atoms with Crippen LogP contribution in [0.3, 0.4) is 0 Å². The van der Waals surface area contributed by atoms with Crippen molar-refractivity contribution in [2.75, 3.05) is 6.61 Å². The second-order valence-electron chi connectivity index (χ2n) is 11.5. The van der Waals surface area contributed by atoms with E-state index in [-0.39, 0.29) is 29.9 Å². The van der Waals surface area contributed by atoms with E-state index in [0.717, 1.165) is 39.7 Å². The predicted octanol–water partition coefficient (Wildman–Crippen LogP) is 6.34. The molecule has 2 aromatic carbocycles. The average Bonchev–Trinajstić information content (AvgIpc) is 3.77. The number of rotatable bonds is 7. The van der Waals surface area contributed by atoms with Gasteiger partial charge in [-0.15, -0.1) is 11.3 Å². The number of carbonyl (C=O) groups is 1. The number of aromatic nitrogens is 5. The number of pyridine rings is 1. The maximum absolute atomic E-state index is 16.0. The highest BCUT2D eigenvalue weighted by atomic mass is 32.1. The molecule has 0 radical (unpaired) electrons. The highest BCUT2D eigenvalue weighted by molar-refractivity contribution is 7.18. The molecule has 2 unspecified atom stereocenters. The van der Waals surface area contributed by atoms with E-state index in [4.69, 9.17) is 14.8 Å². The number of aliphatic hydroxyl groups is 1. The summed E-state index contributed by atoms with van der Waals surface area (Å²) >= 11 is 1.40. The lowest BCUT2D eigenvalue weighted by atomic mass is 9.96. The summed E-state index contributed by atoms with van der Waals surface area (Å²) < 4.78 is 40.8. The Hall–Kier alpha value is -4.94. The van der Waals surface area contributed by atoms with Crippen LogP contribution >= 0.6 is 11.3 Å². The van der Waals surface area contributed by atoms with Crippen LogP contribution in [0.4, 0.5) is 8.78 Å². The van der Waals surface area contributed by atoms with Crippen LogP contribution in [-0.4, -0.2) is 59.2 Å². The first-order valence-electron chi connectivity index (χ1n) is 14.8. The van der Waals surface area contributed by atoms with Crippen LogP contribution in [0.15, 0.2) is 66.7 Å². The molecule has 5 heterocycles. The van der Waals surface area contributed by atoms with Gasteiger partial charge in [-0.25, -0.2) is 13.8 Å². The van der Waals surface area contributed by atoms with Gasteiger partial charge in [0, 0.05) is 51.8 Å². The number of hydrogen-bond donors (Lipinski definition) is 1. The molecule has 2 atom stereocenters. The number of aliphatic hydroxyl groups excluding tert-OH is 1. The molecule has 1 amide bonds. The monoisotopic (exact) mass is 640 g/mol. The summed E-state index contributed by atoms with van der Waals surface area (Å²) in [6, 6.07) is 11.6. The molecule has 0 bridgehead atoms. The lowest BCUT2D eigenvalue weighted by Crippen LogP contribution is -2.44. The van der Waals surface area contributed by atoms with Gasteiger partial charge in [0.05, 0.1) is 47.9 Å². The second kappa shape index (κ2) is 11.5. The predicted molar refractivity (Wildman–Crippen MR) is 173 cm³/mol. The number of benzene rings is 2. The van der Waals surface area contributed by atoms with Gasteiger partial charge in [-0.05, 0) is 43.5 Å². The fourth-order valence-corrected chi connectivity index (χ4v) is 6.97. The number of carbonyl (C=O) groups excluding carboxylic acids is 1. The maximum Gasteiger partial charge on any atom is 0.246 e. The normalized spacial score (nSPS) is 15.3. The van der Waals surface area contributed by atoms with Crippen LogP contribution in [0.2, 0.25) is 0 Å². The third kappa shape index (κ3) is 5.03. The Labute approximate surface area is 267 Å². The molecule has 1 N–H and O–H groups in total. The van der Waals surface area contributed by atoms with Gasteiger partial charge in [-0.1, -0.05) is 18.7 Å². The molecular weight excluding hydrogens is 610 g/mol. The number of amides is 1. The van der Waals surface area contributed by atoms with E-state index < -0.39 is 17.7 Å². The second-order valence-corrected chi connectivity index (χ2v) is 12.4. The fourth-order valence-electron chi connectivity index (χ4n) is 6.02. The van der Waals surface area contributed by atoms with Crippen molar-refractivity contribution in [3.63, 3.8) is 0 Å². The van der Waals surface area contributed by atoms with Gasteiger partial charge in [-0.2, -0.15) is 10.2 Å². The summed E-state index contributed by atoms with van der Waals surface area (Å²) in [5, 5.41) is 22.9. The van der Waals surface area contributed by atoms with Gasteiger partial charge in [0.2, 0.25) is 5.91 Å². The van der Waals surface area contributed by atoms with E-state index in [9.17, 15) is 14.3 Å². The Morgan fingerprint density at radius 1 is 1.20 bits per heavy atom. The SMILES string of the molecule is C=CC(=O)N1Cc2cc(-c3nc(-c4ccc5cnn(C)c5c4)c4ccsc4c3-c3c(F)cc(F)cc3OCC(C)O)nn2CC1C. The Kier molecular flexibility index (Phi) is 7.41. The Bertz CT molecular complexity index is 2170. The van der Waals surface area contributed by atoms with E-state index in [1.807, 2.05) is 54.4 Å². The highest BCUT2D eigenvalue weighted by Crippen LogP contribution is 2.47. The van der Waals surface area contributed by atoms with Gasteiger partial charge in [0.1, 0.15) is 35.4 Å². The number of hydrogen-bond acceptors (Lipinski definition) is 7. The van der Waals surface area contributed by atoms with Crippen LogP contribution in [-0.2, 0) is 24.9 Å². The van der Waals surface area contributed by atoms with Crippen LogP contribution in [0.1, 0.15) is 19.5 Å². The number of aryl methyl sites for hydroxylation is 1. The molecule has 12 heteroatoms. The van der Waals surface area contributed by atoms with Crippen molar-refractivity contribution in [3.05, 3.63) is 84.0 Å². The largest absolute Gasteiger partial charge is 0.490 e. The minimum atomic E-state index is -0.870. The molecule has 0 saturated carbocycles. The molecule has 1 aliphatic rings. The number of halogens is 2. The first-order chi connectivity index (χ1) is 22.1. The first-order valence-corrected chi connectivity index (χ1v) is 15.6. The molecule has 0 spiro atoms. The molecule has 0 saturated heterocycles. The Balaban J connectivity index is 1.51. The highest BCUT2D eigenvalue weighted by Gasteiger charge is 2.30. The summed E-state index contributed by atoms with van der Waals surface area (Å²) in [6.45, 7) is 7.71. The van der Waals surface area contributed by atoms with Crippen molar-refractivity contribution < 1.29 is 23.4 Å². The minimum absolute atomic E-state index is 0.0217. The van der Waals surface area contributed by atoms with Crippen molar-refractivity contribution >= 4 is 38.2 Å². The zero-order valence-electron chi connectivity index (χ0n) is 25.4. The number of fused-ring (bicyclic) bond motifs is 3. The van der Waals surface area contributed by atoms with Crippen LogP contribution < -0.4 is 4.74 Å². The van der Waals surface area contributed by atoms with E-state index in [1.54, 1.807) is 15.8 Å². The Morgan fingerprint density at radius 2 is 2.02 bits per heavy atom. The molecule has 4 aromatic heterocycles. The fraction of sp³-hybridized carbons (Fsp3) is 0.235. The van der Waals surface area contributed by atoms with E-state index in [1.165, 1.54) is 24.3 Å². The molecule has 0 aliphatic carbocycles. The average molecular weight is 641 g/mol. The topological polar surface area (TPSA) is 98.3 Å². The summed E-state index contributed by atoms with van der Waals surface area (Å²) in [5.74, 6) is -1.87. The van der Waals surface area contributed by atoms with Gasteiger partial charge in [0.25, 0.3) is 0 Å². The van der Waals surface area contributed by atoms with Gasteiger partial charge >= 0.3 is 0 Å². The van der Waals surface area contributed by atoms with E-state index in [0.29, 0.717) is 40.4 Å². The molecule has 9 nitrogen and oxygen atoms in total. The lowest BCUT2D eigenvalue weighted by molar-refractivity contribution is -0.129. The van der Waals surface area contributed by atoms with Crippen molar-refractivity contribution in [2.45, 2.75) is 39.1 Å². The first kappa shape index (κ1) is 29.8. The molecule has 7 rings (SSSR count). The Morgan fingerprint density at radius 3 is 2.80 bits per heavy atom. The molecular formula is C34H30F2N6O3S. The molecule has 234 valence electrons. The van der Waals surface area contributed by atoms with Crippen LogP contribution in [0, 0.1) is 11.6 Å². The zero-order valence-corrected chi connectivity index (χ0v) is 26.2. The lowest BCUT2D eigenvalue weighted by Gasteiger charge is -2.33. The molecule has 46 heavy (non-hydrogen) atoms. The van der Waals surface area contributed by atoms with E-state index >= 15 is 4.39 Å². The molecule has 1 aliphatic heterocycles. The zero-order chi connectivity index (χ0) is 32.3.